The van der Waals surface area contributed by atoms with Gasteiger partial charge in [-0.25, -0.2) is 18.0 Å². The van der Waals surface area contributed by atoms with Crippen LogP contribution in [0.25, 0.3) is 0 Å². The van der Waals surface area contributed by atoms with Gasteiger partial charge in [-0.15, -0.1) is 0 Å². The molecule has 25 heavy (non-hydrogen) atoms. The van der Waals surface area contributed by atoms with Gasteiger partial charge in [-0.05, 0) is 42.5 Å². The largest absolute Gasteiger partial charge is 0.442 e. The lowest BCUT2D eigenvalue weighted by Crippen LogP contribution is -2.34. The van der Waals surface area contributed by atoms with Crippen LogP contribution >= 0.6 is 0 Å². The zero-order valence-electron chi connectivity index (χ0n) is 12.8. The number of hydrogen-bond donors (Lipinski definition) is 1. The van der Waals surface area contributed by atoms with E-state index in [1.807, 2.05) is 0 Å². The fraction of sp³-hybridized carbons (Fsp3) is 0.176. The van der Waals surface area contributed by atoms with Gasteiger partial charge in [0.15, 0.2) is 11.6 Å². The highest BCUT2D eigenvalue weighted by Gasteiger charge is 2.32. The van der Waals surface area contributed by atoms with E-state index in [2.05, 4.69) is 5.32 Å². The smallest absolute Gasteiger partial charge is 0.414 e. The molecule has 0 bridgehead atoms. The van der Waals surface area contributed by atoms with Crippen LogP contribution in [-0.4, -0.2) is 31.2 Å². The fourth-order valence-corrected chi connectivity index (χ4v) is 2.41. The molecule has 130 valence electrons. The molecule has 1 saturated heterocycles. The Hall–Kier alpha value is -3.03. The van der Waals surface area contributed by atoms with Crippen molar-refractivity contribution in [3.8, 4) is 0 Å². The summed E-state index contributed by atoms with van der Waals surface area (Å²) >= 11 is 0. The summed E-state index contributed by atoms with van der Waals surface area (Å²) in [6, 6.07) is 8.13. The van der Waals surface area contributed by atoms with Crippen molar-refractivity contribution in [2.24, 2.45) is 0 Å². The van der Waals surface area contributed by atoms with E-state index in [0.29, 0.717) is 5.69 Å². The van der Waals surface area contributed by atoms with Crippen LogP contribution in [0.5, 0.6) is 0 Å². The Morgan fingerprint density at radius 1 is 1.12 bits per heavy atom. The van der Waals surface area contributed by atoms with E-state index >= 15 is 0 Å². The Morgan fingerprint density at radius 2 is 1.84 bits per heavy atom. The summed E-state index contributed by atoms with van der Waals surface area (Å²) in [5.74, 6) is -3.21. The molecule has 0 saturated carbocycles. The summed E-state index contributed by atoms with van der Waals surface area (Å²) in [5.41, 5.74) is 0.430. The SMILES string of the molecule is O=C(NC[C@@H]1CN(c2ccc(F)cc2)C(=O)O1)c1ccc(F)c(F)c1. The minimum Gasteiger partial charge on any atom is -0.442 e. The van der Waals surface area contributed by atoms with Crippen LogP contribution in [0.1, 0.15) is 10.4 Å². The monoisotopic (exact) mass is 350 g/mol. The molecule has 3 rings (SSSR count). The molecule has 0 aliphatic carbocycles. The molecule has 1 atom stereocenters. The van der Waals surface area contributed by atoms with Crippen molar-refractivity contribution in [2.75, 3.05) is 18.0 Å². The summed E-state index contributed by atoms with van der Waals surface area (Å²) in [4.78, 5) is 25.1. The second-order valence-corrected chi connectivity index (χ2v) is 5.43. The van der Waals surface area contributed by atoms with Crippen LogP contribution in [0.2, 0.25) is 0 Å². The number of rotatable bonds is 4. The minimum absolute atomic E-state index is 0.00125. The van der Waals surface area contributed by atoms with Crippen molar-refractivity contribution in [2.45, 2.75) is 6.10 Å². The molecule has 0 spiro atoms. The molecule has 2 aromatic rings. The van der Waals surface area contributed by atoms with E-state index < -0.39 is 35.6 Å². The van der Waals surface area contributed by atoms with Crippen LogP contribution < -0.4 is 10.2 Å². The number of anilines is 1. The van der Waals surface area contributed by atoms with Gasteiger partial charge in [0.05, 0.1) is 13.1 Å². The van der Waals surface area contributed by atoms with E-state index in [9.17, 15) is 22.8 Å². The number of ether oxygens (including phenoxy) is 1. The zero-order chi connectivity index (χ0) is 18.0. The third-order valence-corrected chi connectivity index (χ3v) is 3.68. The van der Waals surface area contributed by atoms with Crippen LogP contribution in [-0.2, 0) is 4.74 Å². The second kappa shape index (κ2) is 6.84. The molecular weight excluding hydrogens is 337 g/mol. The second-order valence-electron chi connectivity index (χ2n) is 5.43. The molecule has 1 N–H and O–H groups in total. The topological polar surface area (TPSA) is 58.6 Å². The molecule has 2 amide bonds. The van der Waals surface area contributed by atoms with E-state index in [1.54, 1.807) is 0 Å². The van der Waals surface area contributed by atoms with Crippen LogP contribution in [0, 0.1) is 17.5 Å². The Balaban J connectivity index is 1.59. The number of carbonyl (C=O) groups is 2. The first-order valence-corrected chi connectivity index (χ1v) is 7.41. The molecule has 5 nitrogen and oxygen atoms in total. The molecule has 0 unspecified atom stereocenters. The molecule has 2 aromatic carbocycles. The Bertz CT molecular complexity index is 811. The highest BCUT2D eigenvalue weighted by Crippen LogP contribution is 2.21. The Labute approximate surface area is 141 Å². The van der Waals surface area contributed by atoms with Gasteiger partial charge in [0, 0.05) is 11.3 Å². The lowest BCUT2D eigenvalue weighted by Gasteiger charge is -2.13. The molecule has 1 aliphatic rings. The normalized spacial score (nSPS) is 16.7. The summed E-state index contributed by atoms with van der Waals surface area (Å²) < 4.78 is 44.1. The van der Waals surface area contributed by atoms with Gasteiger partial charge >= 0.3 is 6.09 Å². The molecule has 0 aromatic heterocycles. The number of cyclic esters (lactones) is 1. The highest BCUT2D eigenvalue weighted by atomic mass is 19.2. The van der Waals surface area contributed by atoms with Crippen molar-refractivity contribution >= 4 is 17.7 Å². The van der Waals surface area contributed by atoms with Gasteiger partial charge in [-0.2, -0.15) is 0 Å². The predicted octanol–water partition coefficient (Wildman–Crippen LogP) is 2.86. The number of benzene rings is 2. The van der Waals surface area contributed by atoms with E-state index in [1.165, 1.54) is 29.2 Å². The average molecular weight is 350 g/mol. The number of amides is 2. The number of halogens is 3. The molecule has 1 fully saturated rings. The number of nitrogens with zero attached hydrogens (tertiary/aromatic N) is 1. The zero-order valence-corrected chi connectivity index (χ0v) is 12.8. The first-order chi connectivity index (χ1) is 11.9. The standard InChI is InChI=1S/C17H13F3N2O3/c18-11-2-4-12(5-3-11)22-9-13(25-17(22)24)8-21-16(23)10-1-6-14(19)15(20)7-10/h1-7,13H,8-9H2,(H,21,23)/t13-/m1/s1. The maximum Gasteiger partial charge on any atom is 0.414 e. The van der Waals surface area contributed by atoms with E-state index in [0.717, 1.165) is 18.2 Å². The molecule has 1 heterocycles. The molecular formula is C17H13F3N2O3. The lowest BCUT2D eigenvalue weighted by atomic mass is 10.2. The van der Waals surface area contributed by atoms with Crippen molar-refractivity contribution in [3.05, 3.63) is 65.5 Å². The van der Waals surface area contributed by atoms with Crippen molar-refractivity contribution in [1.82, 2.24) is 5.32 Å². The summed E-state index contributed by atoms with van der Waals surface area (Å²) in [5, 5.41) is 2.50. The molecule has 1 aliphatic heterocycles. The van der Waals surface area contributed by atoms with Crippen LogP contribution in [0.3, 0.4) is 0 Å². The number of hydrogen-bond acceptors (Lipinski definition) is 3. The average Bonchev–Trinajstić information content (AvgIpc) is 2.96. The van der Waals surface area contributed by atoms with Crippen molar-refractivity contribution in [1.29, 1.82) is 0 Å². The van der Waals surface area contributed by atoms with Crippen LogP contribution in [0.4, 0.5) is 23.7 Å². The van der Waals surface area contributed by atoms with E-state index in [4.69, 9.17) is 4.74 Å². The maximum atomic E-state index is 13.1. The number of nitrogens with one attached hydrogen (secondary N) is 1. The van der Waals surface area contributed by atoms with Crippen molar-refractivity contribution in [3.63, 3.8) is 0 Å². The van der Waals surface area contributed by atoms with Crippen molar-refractivity contribution < 1.29 is 27.5 Å². The van der Waals surface area contributed by atoms with Gasteiger partial charge in [0.1, 0.15) is 11.9 Å². The molecule has 8 heteroatoms. The first kappa shape index (κ1) is 16.8. The minimum atomic E-state index is -1.12. The van der Waals surface area contributed by atoms with Gasteiger partial charge in [-0.3, -0.25) is 9.69 Å². The third-order valence-electron chi connectivity index (χ3n) is 3.68. The Kier molecular flexibility index (Phi) is 4.60. The van der Waals surface area contributed by atoms with E-state index in [-0.39, 0.29) is 18.7 Å². The third kappa shape index (κ3) is 3.73. The predicted molar refractivity (Wildman–Crippen MR) is 82.7 cm³/mol. The fourth-order valence-electron chi connectivity index (χ4n) is 2.41. The van der Waals surface area contributed by atoms with Gasteiger partial charge in [0.2, 0.25) is 0 Å². The summed E-state index contributed by atoms with van der Waals surface area (Å²) in [6.45, 7) is 0.170. The van der Waals surface area contributed by atoms with Gasteiger partial charge in [0.25, 0.3) is 5.91 Å². The summed E-state index contributed by atoms with van der Waals surface area (Å²) in [7, 11) is 0. The van der Waals surface area contributed by atoms with Gasteiger partial charge < -0.3 is 10.1 Å². The maximum absolute atomic E-state index is 13.1. The first-order valence-electron chi connectivity index (χ1n) is 7.41. The Morgan fingerprint density at radius 3 is 2.52 bits per heavy atom. The highest BCUT2D eigenvalue weighted by molar-refractivity contribution is 5.94. The van der Waals surface area contributed by atoms with Crippen LogP contribution in [0.15, 0.2) is 42.5 Å². The molecule has 0 radical (unpaired) electrons. The van der Waals surface area contributed by atoms with Gasteiger partial charge in [-0.1, -0.05) is 0 Å². The summed E-state index contributed by atoms with van der Waals surface area (Å²) in [6.07, 6.45) is -1.23. The lowest BCUT2D eigenvalue weighted by molar-refractivity contribution is 0.0915. The number of carbonyl (C=O) groups excluding carboxylic acids is 2. The quantitative estimate of drug-likeness (QED) is 0.923.